The summed E-state index contributed by atoms with van der Waals surface area (Å²) < 4.78 is 26.7. The summed E-state index contributed by atoms with van der Waals surface area (Å²) in [6, 6.07) is 2.77. The van der Waals surface area contributed by atoms with Crippen LogP contribution in [0.4, 0.5) is 8.78 Å². The number of rotatable bonds is 12. The van der Waals surface area contributed by atoms with Gasteiger partial charge in [-0.05, 0) is 62.6 Å². The zero-order chi connectivity index (χ0) is 27.0. The summed E-state index contributed by atoms with van der Waals surface area (Å²) in [5.41, 5.74) is 1.69. The Kier molecular flexibility index (Phi) is 9.93. The van der Waals surface area contributed by atoms with Crippen molar-refractivity contribution in [3.05, 3.63) is 59.2 Å². The number of carbonyl (C=O) groups is 3. The van der Waals surface area contributed by atoms with Crippen molar-refractivity contribution in [1.82, 2.24) is 15.7 Å². The molecule has 1 unspecified atom stereocenters. The van der Waals surface area contributed by atoms with Gasteiger partial charge in [-0.25, -0.2) is 14.3 Å². The number of halogens is 2. The van der Waals surface area contributed by atoms with Gasteiger partial charge in [0.1, 0.15) is 0 Å². The molecule has 10 heteroatoms. The van der Waals surface area contributed by atoms with Crippen molar-refractivity contribution in [3.63, 3.8) is 0 Å². The lowest BCUT2D eigenvalue weighted by atomic mass is 9.69. The number of hydrogen-bond donors (Lipinski definition) is 4. The van der Waals surface area contributed by atoms with Gasteiger partial charge in [-0.1, -0.05) is 30.7 Å². The number of aliphatic hydroxyl groups is 1. The van der Waals surface area contributed by atoms with E-state index in [0.717, 1.165) is 24.6 Å². The molecule has 3 atom stereocenters. The van der Waals surface area contributed by atoms with Crippen LogP contribution >= 0.6 is 0 Å². The summed E-state index contributed by atoms with van der Waals surface area (Å²) in [6.45, 7) is 2.89. The maximum Gasteiger partial charge on any atom is 0.251 e. The number of carbonyl (C=O) groups excluding carboxylic acids is 3. The first-order valence-electron chi connectivity index (χ1n) is 12.7. The zero-order valence-corrected chi connectivity index (χ0v) is 21.0. The lowest BCUT2D eigenvalue weighted by Crippen LogP contribution is -2.48. The predicted octanol–water partition coefficient (Wildman–Crippen LogP) is 3.11. The number of allylic oxidation sites excluding steroid dienone is 3. The van der Waals surface area contributed by atoms with E-state index >= 15 is 0 Å². The molecule has 1 aliphatic carbocycles. The van der Waals surface area contributed by atoms with Crippen LogP contribution < -0.4 is 10.8 Å². The van der Waals surface area contributed by atoms with Crippen LogP contribution in [-0.4, -0.2) is 59.2 Å². The van der Waals surface area contributed by atoms with Crippen molar-refractivity contribution >= 4 is 17.7 Å². The normalized spacial score (nSPS) is 22.1. The summed E-state index contributed by atoms with van der Waals surface area (Å²) in [7, 11) is 0. The van der Waals surface area contributed by atoms with E-state index in [2.05, 4.69) is 24.4 Å². The van der Waals surface area contributed by atoms with Crippen LogP contribution in [0.2, 0.25) is 0 Å². The van der Waals surface area contributed by atoms with Gasteiger partial charge in [-0.15, -0.1) is 0 Å². The second-order valence-corrected chi connectivity index (χ2v) is 9.78. The van der Waals surface area contributed by atoms with E-state index in [0.29, 0.717) is 38.3 Å². The molecular weight excluding hydrogens is 484 g/mol. The average Bonchev–Trinajstić information content (AvgIpc) is 3.21. The third kappa shape index (κ3) is 6.61. The van der Waals surface area contributed by atoms with Gasteiger partial charge < -0.3 is 15.3 Å². The molecule has 8 nitrogen and oxygen atoms in total. The lowest BCUT2D eigenvalue weighted by Gasteiger charge is -2.35. The molecule has 0 bridgehead atoms. The first kappa shape index (κ1) is 28.5. The van der Waals surface area contributed by atoms with Crippen molar-refractivity contribution in [2.45, 2.75) is 45.4 Å². The molecule has 1 saturated heterocycles. The third-order valence-corrected chi connectivity index (χ3v) is 7.56. The first-order chi connectivity index (χ1) is 17.7. The van der Waals surface area contributed by atoms with Crippen molar-refractivity contribution in [3.8, 4) is 0 Å². The van der Waals surface area contributed by atoms with Gasteiger partial charge in [-0.3, -0.25) is 19.6 Å². The Morgan fingerprint density at radius 3 is 2.73 bits per heavy atom. The minimum Gasteiger partial charge on any atom is -0.396 e. The highest BCUT2D eigenvalue weighted by molar-refractivity contribution is 5.94. The largest absolute Gasteiger partial charge is 0.396 e. The summed E-state index contributed by atoms with van der Waals surface area (Å²) in [4.78, 5) is 40.7. The van der Waals surface area contributed by atoms with E-state index < -0.39 is 34.8 Å². The fraction of sp³-hybridized carbons (Fsp3) is 0.519. The third-order valence-electron chi connectivity index (χ3n) is 7.56. The van der Waals surface area contributed by atoms with Crippen LogP contribution in [-0.2, 0) is 9.59 Å². The average molecular weight is 520 g/mol. The van der Waals surface area contributed by atoms with E-state index in [9.17, 15) is 33.5 Å². The summed E-state index contributed by atoms with van der Waals surface area (Å²) in [6.07, 6.45) is 8.81. The Morgan fingerprint density at radius 1 is 1.27 bits per heavy atom. The van der Waals surface area contributed by atoms with Crippen LogP contribution in [0.15, 0.2) is 42.0 Å². The minimum atomic E-state index is -1.15. The highest BCUT2D eigenvalue weighted by atomic mass is 19.2. The number of hydroxylamine groups is 1. The van der Waals surface area contributed by atoms with E-state index in [1.165, 1.54) is 5.57 Å². The molecule has 37 heavy (non-hydrogen) atoms. The fourth-order valence-electron chi connectivity index (χ4n) is 5.38. The maximum absolute atomic E-state index is 13.7. The molecule has 2 aliphatic rings. The van der Waals surface area contributed by atoms with Crippen LogP contribution in [0.5, 0.6) is 0 Å². The molecule has 1 heterocycles. The first-order valence-corrected chi connectivity index (χ1v) is 12.7. The highest BCUT2D eigenvalue weighted by Gasteiger charge is 2.53. The van der Waals surface area contributed by atoms with Gasteiger partial charge in [0, 0.05) is 31.8 Å². The number of aliphatic hydroxyl groups excluding tert-OH is 1. The fourth-order valence-corrected chi connectivity index (χ4v) is 5.38. The Hall–Kier alpha value is -3.11. The smallest absolute Gasteiger partial charge is 0.251 e. The molecule has 3 rings (SSSR count). The van der Waals surface area contributed by atoms with E-state index in [-0.39, 0.29) is 37.5 Å². The predicted molar refractivity (Wildman–Crippen MR) is 132 cm³/mol. The zero-order valence-electron chi connectivity index (χ0n) is 21.0. The quantitative estimate of drug-likeness (QED) is 0.250. The molecule has 0 aromatic heterocycles. The summed E-state index contributed by atoms with van der Waals surface area (Å²) in [5, 5.41) is 21.5. The Labute approximate surface area is 215 Å². The number of nitrogens with one attached hydrogen (secondary N) is 2. The van der Waals surface area contributed by atoms with Crippen molar-refractivity contribution in [2.75, 3.05) is 26.2 Å². The van der Waals surface area contributed by atoms with Crippen LogP contribution in [0.1, 0.15) is 55.8 Å². The Bertz CT molecular complexity index is 1060. The van der Waals surface area contributed by atoms with Gasteiger partial charge in [0.2, 0.25) is 11.8 Å². The molecule has 4 N–H and O–H groups in total. The Morgan fingerprint density at radius 2 is 2.05 bits per heavy atom. The number of nitrogens with zero attached hydrogens (tertiary/aromatic N) is 1. The van der Waals surface area contributed by atoms with Gasteiger partial charge in [-0.2, -0.15) is 0 Å². The van der Waals surface area contributed by atoms with Crippen molar-refractivity contribution in [2.24, 2.45) is 17.3 Å². The van der Waals surface area contributed by atoms with Crippen LogP contribution in [0, 0.1) is 28.9 Å². The molecule has 1 fully saturated rings. The van der Waals surface area contributed by atoms with E-state index in [1.54, 1.807) is 10.4 Å². The van der Waals surface area contributed by atoms with Gasteiger partial charge in [0.25, 0.3) is 5.91 Å². The summed E-state index contributed by atoms with van der Waals surface area (Å²) in [5.74, 6) is -4.41. The molecular formula is C27H35F2N3O5. The second-order valence-electron chi connectivity index (χ2n) is 9.78. The Balaban J connectivity index is 1.72. The monoisotopic (exact) mass is 519 g/mol. The topological polar surface area (TPSA) is 119 Å². The van der Waals surface area contributed by atoms with Gasteiger partial charge in [0.05, 0.1) is 11.3 Å². The SMILES string of the molecule is CC1CC=CC=C1CCN1CC[C@@](CCCO)([C@@H](CCNC(=O)c2ccc(F)c(F)c2)C(=O)NO)C1=O. The molecule has 202 valence electrons. The lowest BCUT2D eigenvalue weighted by molar-refractivity contribution is -0.149. The van der Waals surface area contributed by atoms with Crippen molar-refractivity contribution < 1.29 is 33.5 Å². The van der Waals surface area contributed by atoms with E-state index in [1.807, 2.05) is 6.08 Å². The molecule has 0 spiro atoms. The molecule has 0 saturated carbocycles. The number of likely N-dealkylation sites (tertiary alicyclic amines) is 1. The number of benzene rings is 1. The summed E-state index contributed by atoms with van der Waals surface area (Å²) >= 11 is 0. The standard InChI is InChI=1S/C27H35F2N3O5/c1-18-5-2-3-6-19(18)10-14-32-15-12-27(26(32)36,11-4-16-33)21(25(35)31-37)9-13-30-24(34)20-7-8-22(28)23(29)17-20/h2-3,6-8,17-18,21,33,37H,4-5,9-16H2,1H3,(H,30,34)(H,31,35)/t18?,21-,27-/m0/s1. The van der Waals surface area contributed by atoms with E-state index in [4.69, 9.17) is 0 Å². The van der Waals surface area contributed by atoms with Crippen LogP contribution in [0.25, 0.3) is 0 Å². The highest BCUT2D eigenvalue weighted by Crippen LogP contribution is 2.45. The van der Waals surface area contributed by atoms with Crippen LogP contribution in [0.3, 0.4) is 0 Å². The number of hydrogen-bond acceptors (Lipinski definition) is 5. The second kappa shape index (κ2) is 12.9. The number of amides is 3. The van der Waals surface area contributed by atoms with Gasteiger partial charge in [0.15, 0.2) is 11.6 Å². The van der Waals surface area contributed by atoms with Crippen molar-refractivity contribution in [1.29, 1.82) is 0 Å². The molecule has 1 aromatic rings. The maximum atomic E-state index is 13.7. The minimum absolute atomic E-state index is 0.0276. The molecule has 0 radical (unpaired) electrons. The van der Waals surface area contributed by atoms with Gasteiger partial charge >= 0.3 is 0 Å². The molecule has 1 aromatic carbocycles. The molecule has 3 amide bonds. The molecule has 1 aliphatic heterocycles.